The minimum Gasteiger partial charge on any atom is -0.497 e. The van der Waals surface area contributed by atoms with Crippen molar-refractivity contribution in [1.29, 1.82) is 0 Å². The Hall–Kier alpha value is -3.28. The summed E-state index contributed by atoms with van der Waals surface area (Å²) in [6.45, 7) is 0. The molecule has 6 nitrogen and oxygen atoms in total. The molecule has 25 heavy (non-hydrogen) atoms. The second-order valence-electron chi connectivity index (χ2n) is 5.40. The maximum Gasteiger partial charge on any atom is 0.271 e. The van der Waals surface area contributed by atoms with E-state index in [0.717, 1.165) is 11.3 Å². The molecule has 1 heterocycles. The van der Waals surface area contributed by atoms with Crippen molar-refractivity contribution < 1.29 is 18.7 Å². The standard InChI is InChI=1S/C19H18N2O4/c1-23-14-7-3-12(4-8-14)11-16-21-17(19(20)22)18(25-16)13-5-9-15(24-2)10-6-13/h3-10H,11H2,1-2H3,(H2,20,22). The number of primary amides is 1. The molecule has 6 heteroatoms. The van der Waals surface area contributed by atoms with E-state index in [-0.39, 0.29) is 5.69 Å². The molecule has 0 aliphatic heterocycles. The number of benzene rings is 2. The summed E-state index contributed by atoms with van der Waals surface area (Å²) in [6.07, 6.45) is 0.445. The lowest BCUT2D eigenvalue weighted by molar-refractivity contribution is 0.0996. The van der Waals surface area contributed by atoms with Gasteiger partial charge in [0, 0.05) is 12.0 Å². The number of methoxy groups -OCH3 is 2. The smallest absolute Gasteiger partial charge is 0.271 e. The summed E-state index contributed by atoms with van der Waals surface area (Å²) in [6, 6.07) is 14.7. The molecular weight excluding hydrogens is 320 g/mol. The van der Waals surface area contributed by atoms with E-state index in [1.807, 2.05) is 24.3 Å². The summed E-state index contributed by atoms with van der Waals surface area (Å²) < 4.78 is 16.1. The van der Waals surface area contributed by atoms with Gasteiger partial charge in [0.15, 0.2) is 17.3 Å². The second-order valence-corrected chi connectivity index (χ2v) is 5.40. The predicted molar refractivity (Wildman–Crippen MR) is 92.8 cm³/mol. The number of amides is 1. The molecule has 2 N–H and O–H groups in total. The van der Waals surface area contributed by atoms with Crippen LogP contribution in [0.25, 0.3) is 11.3 Å². The Labute approximate surface area is 145 Å². The van der Waals surface area contributed by atoms with E-state index in [4.69, 9.17) is 19.6 Å². The summed E-state index contributed by atoms with van der Waals surface area (Å²) in [7, 11) is 3.20. The van der Waals surface area contributed by atoms with Gasteiger partial charge in [0.25, 0.3) is 5.91 Å². The zero-order chi connectivity index (χ0) is 17.8. The van der Waals surface area contributed by atoms with Gasteiger partial charge in [-0.25, -0.2) is 4.98 Å². The first kappa shape index (κ1) is 16.6. The van der Waals surface area contributed by atoms with E-state index in [0.29, 0.717) is 29.4 Å². The lowest BCUT2D eigenvalue weighted by Gasteiger charge is -2.02. The summed E-state index contributed by atoms with van der Waals surface area (Å²) in [5.41, 5.74) is 7.27. The molecule has 0 atom stereocenters. The van der Waals surface area contributed by atoms with E-state index in [2.05, 4.69) is 4.98 Å². The van der Waals surface area contributed by atoms with E-state index >= 15 is 0 Å². The van der Waals surface area contributed by atoms with Crippen LogP contribution in [0.1, 0.15) is 21.9 Å². The van der Waals surface area contributed by atoms with Crippen molar-refractivity contribution in [3.8, 4) is 22.8 Å². The zero-order valence-corrected chi connectivity index (χ0v) is 14.0. The molecule has 2 aromatic carbocycles. The Morgan fingerprint density at radius 2 is 1.56 bits per heavy atom. The molecule has 3 aromatic rings. The fourth-order valence-electron chi connectivity index (χ4n) is 2.46. The van der Waals surface area contributed by atoms with Gasteiger partial charge < -0.3 is 19.6 Å². The first-order chi connectivity index (χ1) is 12.1. The van der Waals surface area contributed by atoms with Crippen LogP contribution in [-0.4, -0.2) is 25.1 Å². The minimum absolute atomic E-state index is 0.119. The van der Waals surface area contributed by atoms with Crippen molar-refractivity contribution in [1.82, 2.24) is 4.98 Å². The highest BCUT2D eigenvalue weighted by Crippen LogP contribution is 2.28. The van der Waals surface area contributed by atoms with Crippen LogP contribution in [0.15, 0.2) is 52.9 Å². The van der Waals surface area contributed by atoms with Gasteiger partial charge in [0.05, 0.1) is 14.2 Å². The van der Waals surface area contributed by atoms with Gasteiger partial charge >= 0.3 is 0 Å². The second kappa shape index (κ2) is 7.09. The Morgan fingerprint density at radius 3 is 2.08 bits per heavy atom. The number of aromatic nitrogens is 1. The van der Waals surface area contributed by atoms with E-state index < -0.39 is 5.91 Å². The number of rotatable bonds is 6. The monoisotopic (exact) mass is 338 g/mol. The van der Waals surface area contributed by atoms with Crippen LogP contribution < -0.4 is 15.2 Å². The molecular formula is C19H18N2O4. The normalized spacial score (nSPS) is 10.5. The lowest BCUT2D eigenvalue weighted by atomic mass is 10.1. The number of nitrogens with two attached hydrogens (primary N) is 1. The van der Waals surface area contributed by atoms with E-state index in [1.165, 1.54) is 0 Å². The molecule has 0 unspecified atom stereocenters. The van der Waals surface area contributed by atoms with Gasteiger partial charge in [0.1, 0.15) is 11.5 Å². The number of hydrogen-bond acceptors (Lipinski definition) is 5. The topological polar surface area (TPSA) is 87.6 Å². The average Bonchev–Trinajstić information content (AvgIpc) is 3.06. The third kappa shape index (κ3) is 3.63. The van der Waals surface area contributed by atoms with Crippen LogP contribution >= 0.6 is 0 Å². The van der Waals surface area contributed by atoms with Crippen molar-refractivity contribution in [2.45, 2.75) is 6.42 Å². The van der Waals surface area contributed by atoms with Crippen molar-refractivity contribution in [3.05, 3.63) is 65.7 Å². The Bertz CT molecular complexity index is 867. The highest BCUT2D eigenvalue weighted by Gasteiger charge is 2.19. The zero-order valence-electron chi connectivity index (χ0n) is 14.0. The molecule has 1 amide bonds. The van der Waals surface area contributed by atoms with Crippen LogP contribution in [0.2, 0.25) is 0 Å². The maximum absolute atomic E-state index is 11.7. The molecule has 0 aliphatic rings. The molecule has 0 fully saturated rings. The maximum atomic E-state index is 11.7. The van der Waals surface area contributed by atoms with Crippen LogP contribution in [0.5, 0.6) is 11.5 Å². The Balaban J connectivity index is 1.91. The molecule has 0 saturated carbocycles. The van der Waals surface area contributed by atoms with Crippen LogP contribution in [-0.2, 0) is 6.42 Å². The molecule has 3 rings (SSSR count). The van der Waals surface area contributed by atoms with Gasteiger partial charge in [-0.3, -0.25) is 4.79 Å². The molecule has 0 radical (unpaired) electrons. The third-order valence-electron chi connectivity index (χ3n) is 3.77. The summed E-state index contributed by atoms with van der Waals surface area (Å²) in [5.74, 6) is 1.63. The molecule has 0 aliphatic carbocycles. The van der Waals surface area contributed by atoms with Gasteiger partial charge in [-0.1, -0.05) is 12.1 Å². The summed E-state index contributed by atoms with van der Waals surface area (Å²) in [5, 5.41) is 0. The minimum atomic E-state index is -0.629. The quantitative estimate of drug-likeness (QED) is 0.746. The van der Waals surface area contributed by atoms with Gasteiger partial charge in [-0.05, 0) is 42.0 Å². The molecule has 128 valence electrons. The number of carbonyl (C=O) groups is 1. The summed E-state index contributed by atoms with van der Waals surface area (Å²) in [4.78, 5) is 16.0. The molecule has 0 spiro atoms. The fourth-order valence-corrected chi connectivity index (χ4v) is 2.46. The average molecular weight is 338 g/mol. The lowest BCUT2D eigenvalue weighted by Crippen LogP contribution is -2.12. The highest BCUT2D eigenvalue weighted by atomic mass is 16.5. The number of nitrogens with zero attached hydrogens (tertiary/aromatic N) is 1. The van der Waals surface area contributed by atoms with Crippen molar-refractivity contribution >= 4 is 5.91 Å². The number of oxazole rings is 1. The number of hydrogen-bond donors (Lipinski definition) is 1. The highest BCUT2D eigenvalue weighted by molar-refractivity contribution is 5.96. The van der Waals surface area contributed by atoms with Crippen molar-refractivity contribution in [3.63, 3.8) is 0 Å². The van der Waals surface area contributed by atoms with Crippen LogP contribution in [0, 0.1) is 0 Å². The van der Waals surface area contributed by atoms with E-state index in [1.54, 1.807) is 38.5 Å². The summed E-state index contributed by atoms with van der Waals surface area (Å²) >= 11 is 0. The first-order valence-corrected chi connectivity index (χ1v) is 7.67. The van der Waals surface area contributed by atoms with Crippen molar-refractivity contribution in [2.24, 2.45) is 5.73 Å². The van der Waals surface area contributed by atoms with Crippen LogP contribution in [0.3, 0.4) is 0 Å². The van der Waals surface area contributed by atoms with E-state index in [9.17, 15) is 4.79 Å². The molecule has 1 aromatic heterocycles. The van der Waals surface area contributed by atoms with Gasteiger partial charge in [-0.2, -0.15) is 0 Å². The SMILES string of the molecule is COc1ccc(Cc2nc(C(N)=O)c(-c3ccc(OC)cc3)o2)cc1. The molecule has 0 bridgehead atoms. The predicted octanol–water partition coefficient (Wildman–Crippen LogP) is 3.05. The van der Waals surface area contributed by atoms with Crippen LogP contribution in [0.4, 0.5) is 0 Å². The Kier molecular flexibility index (Phi) is 4.70. The largest absolute Gasteiger partial charge is 0.497 e. The fraction of sp³-hybridized carbons (Fsp3) is 0.158. The number of ether oxygens (including phenoxy) is 2. The molecule has 0 saturated heterocycles. The number of carbonyl (C=O) groups excluding carboxylic acids is 1. The third-order valence-corrected chi connectivity index (χ3v) is 3.77. The van der Waals surface area contributed by atoms with Gasteiger partial charge in [0.2, 0.25) is 0 Å². The van der Waals surface area contributed by atoms with Crippen molar-refractivity contribution in [2.75, 3.05) is 14.2 Å². The Morgan fingerprint density at radius 1 is 1.00 bits per heavy atom. The van der Waals surface area contributed by atoms with Gasteiger partial charge in [-0.15, -0.1) is 0 Å². The first-order valence-electron chi connectivity index (χ1n) is 7.67.